The van der Waals surface area contributed by atoms with Crippen LogP contribution in [0.4, 0.5) is 0 Å². The lowest BCUT2D eigenvalue weighted by Gasteiger charge is -2.24. The topological polar surface area (TPSA) is 46.3 Å². The van der Waals surface area contributed by atoms with E-state index in [4.69, 9.17) is 29.6 Å². The van der Waals surface area contributed by atoms with Crippen molar-refractivity contribution in [1.29, 1.82) is 0 Å². The van der Waals surface area contributed by atoms with Crippen molar-refractivity contribution in [1.82, 2.24) is 4.90 Å². The molecule has 5 heteroatoms. The van der Waals surface area contributed by atoms with Crippen LogP contribution >= 0.6 is 23.8 Å². The molecule has 0 aliphatic rings. The smallest absolute Gasteiger partial charge is 0.253 e. The van der Waals surface area contributed by atoms with Gasteiger partial charge in [0.1, 0.15) is 0 Å². The molecular weight excluding hydrogens is 280 g/mol. The van der Waals surface area contributed by atoms with Gasteiger partial charge >= 0.3 is 0 Å². The summed E-state index contributed by atoms with van der Waals surface area (Å²) in [6, 6.07) is 5.35. The van der Waals surface area contributed by atoms with Crippen molar-refractivity contribution in [2.75, 3.05) is 13.1 Å². The van der Waals surface area contributed by atoms with Crippen LogP contribution in [-0.4, -0.2) is 28.9 Å². The molecule has 2 N–H and O–H groups in total. The van der Waals surface area contributed by atoms with Gasteiger partial charge in [0.2, 0.25) is 0 Å². The Labute approximate surface area is 124 Å². The minimum Gasteiger partial charge on any atom is -0.393 e. The average Bonchev–Trinajstić information content (AvgIpc) is 2.33. The zero-order valence-electron chi connectivity index (χ0n) is 11.4. The van der Waals surface area contributed by atoms with Gasteiger partial charge in [-0.1, -0.05) is 30.7 Å². The van der Waals surface area contributed by atoms with Gasteiger partial charge in [0.15, 0.2) is 0 Å². The van der Waals surface area contributed by atoms with E-state index in [2.05, 4.69) is 0 Å². The molecule has 1 unspecified atom stereocenters. The van der Waals surface area contributed by atoms with Crippen molar-refractivity contribution < 1.29 is 4.79 Å². The minimum atomic E-state index is -0.0452. The van der Waals surface area contributed by atoms with Crippen molar-refractivity contribution in [3.8, 4) is 0 Å². The zero-order valence-corrected chi connectivity index (χ0v) is 13.0. The molecule has 0 saturated heterocycles. The summed E-state index contributed by atoms with van der Waals surface area (Å²) in [4.78, 5) is 14.6. The molecule has 0 radical (unpaired) electrons. The van der Waals surface area contributed by atoms with Crippen molar-refractivity contribution in [3.63, 3.8) is 0 Å². The number of halogens is 1. The first-order chi connectivity index (χ1) is 8.85. The molecule has 1 rings (SSSR count). The Balaban J connectivity index is 2.92. The minimum absolute atomic E-state index is 0.000758. The first-order valence-electron chi connectivity index (χ1n) is 6.21. The van der Waals surface area contributed by atoms with Gasteiger partial charge in [0, 0.05) is 29.6 Å². The highest BCUT2D eigenvalue weighted by atomic mass is 35.5. The molecule has 1 amide bonds. The summed E-state index contributed by atoms with van der Waals surface area (Å²) in [6.45, 7) is 6.90. The number of benzene rings is 1. The van der Waals surface area contributed by atoms with E-state index >= 15 is 0 Å². The van der Waals surface area contributed by atoms with Gasteiger partial charge in [0.25, 0.3) is 5.91 Å². The number of nitrogens with two attached hydrogens (primary N) is 1. The highest BCUT2D eigenvalue weighted by Gasteiger charge is 2.18. The fourth-order valence-corrected chi connectivity index (χ4v) is 2.18. The van der Waals surface area contributed by atoms with Crippen LogP contribution in [0.2, 0.25) is 5.02 Å². The Morgan fingerprint density at radius 3 is 2.58 bits per heavy atom. The maximum Gasteiger partial charge on any atom is 0.253 e. The Bertz CT molecular complexity index is 470. The molecule has 3 nitrogen and oxygen atoms in total. The zero-order chi connectivity index (χ0) is 14.6. The van der Waals surface area contributed by atoms with E-state index in [-0.39, 0.29) is 11.8 Å². The molecule has 0 saturated carbocycles. The predicted octanol–water partition coefficient (Wildman–Crippen LogP) is 3.03. The van der Waals surface area contributed by atoms with E-state index in [1.54, 1.807) is 11.0 Å². The SMILES string of the molecule is CCN(CC(C)C(N)=S)C(=O)c1cc(C)cc(Cl)c1. The molecule has 0 fully saturated rings. The molecule has 104 valence electrons. The maximum atomic E-state index is 12.4. The van der Waals surface area contributed by atoms with Gasteiger partial charge in [-0.05, 0) is 37.6 Å². The molecular formula is C14H19ClN2OS. The molecule has 19 heavy (non-hydrogen) atoms. The molecule has 1 atom stereocenters. The maximum absolute atomic E-state index is 12.4. The summed E-state index contributed by atoms with van der Waals surface area (Å²) in [5.74, 6) is -0.0459. The van der Waals surface area contributed by atoms with E-state index < -0.39 is 0 Å². The van der Waals surface area contributed by atoms with Crippen LogP contribution in [0.5, 0.6) is 0 Å². The lowest BCUT2D eigenvalue weighted by molar-refractivity contribution is 0.0755. The summed E-state index contributed by atoms with van der Waals surface area (Å²) >= 11 is 10.9. The Morgan fingerprint density at radius 2 is 2.11 bits per heavy atom. The van der Waals surface area contributed by atoms with Gasteiger partial charge in [0.05, 0.1) is 4.99 Å². The summed E-state index contributed by atoms with van der Waals surface area (Å²) in [7, 11) is 0. The Kier molecular flexibility index (Phi) is 5.76. The van der Waals surface area contributed by atoms with Crippen LogP contribution in [0.1, 0.15) is 29.8 Å². The van der Waals surface area contributed by atoms with Crippen molar-refractivity contribution in [2.45, 2.75) is 20.8 Å². The quantitative estimate of drug-likeness (QED) is 0.850. The van der Waals surface area contributed by atoms with Gasteiger partial charge in [-0.2, -0.15) is 0 Å². The largest absolute Gasteiger partial charge is 0.393 e. The second-order valence-electron chi connectivity index (χ2n) is 4.66. The standard InChI is InChI=1S/C14H19ClN2OS/c1-4-17(8-10(3)13(16)19)14(18)11-5-9(2)6-12(15)7-11/h5-7,10H,4,8H2,1-3H3,(H2,16,19). The van der Waals surface area contributed by atoms with Gasteiger partial charge in [-0.25, -0.2) is 0 Å². The summed E-state index contributed by atoms with van der Waals surface area (Å²) in [6.07, 6.45) is 0. The molecule has 0 aromatic heterocycles. The Hall–Kier alpha value is -1.13. The van der Waals surface area contributed by atoms with E-state index in [9.17, 15) is 4.79 Å². The number of hydrogen-bond donors (Lipinski definition) is 1. The number of aryl methyl sites for hydroxylation is 1. The number of nitrogens with zero attached hydrogens (tertiary/aromatic N) is 1. The third kappa shape index (κ3) is 4.48. The van der Waals surface area contributed by atoms with Crippen LogP contribution in [0.3, 0.4) is 0 Å². The molecule has 1 aromatic carbocycles. The summed E-state index contributed by atoms with van der Waals surface area (Å²) in [5.41, 5.74) is 7.16. The fourth-order valence-electron chi connectivity index (χ4n) is 1.82. The first kappa shape index (κ1) is 15.9. The highest BCUT2D eigenvalue weighted by Crippen LogP contribution is 2.16. The van der Waals surface area contributed by atoms with Gasteiger partial charge < -0.3 is 10.6 Å². The van der Waals surface area contributed by atoms with Gasteiger partial charge in [-0.15, -0.1) is 0 Å². The predicted molar refractivity (Wildman–Crippen MR) is 83.7 cm³/mol. The molecule has 0 spiro atoms. The number of carbonyl (C=O) groups excluding carboxylic acids is 1. The lowest BCUT2D eigenvalue weighted by Crippen LogP contribution is -2.38. The number of hydrogen-bond acceptors (Lipinski definition) is 2. The monoisotopic (exact) mass is 298 g/mol. The number of thiocarbonyl (C=S) groups is 1. The van der Waals surface area contributed by atoms with Gasteiger partial charge in [-0.3, -0.25) is 4.79 Å². The van der Waals surface area contributed by atoms with E-state index in [1.807, 2.05) is 32.9 Å². The van der Waals surface area contributed by atoms with Crippen molar-refractivity contribution in [3.05, 3.63) is 34.3 Å². The molecule has 0 heterocycles. The molecule has 1 aromatic rings. The molecule has 0 aliphatic heterocycles. The second kappa shape index (κ2) is 6.87. The van der Waals surface area contributed by atoms with E-state index in [1.165, 1.54) is 0 Å². The first-order valence-corrected chi connectivity index (χ1v) is 6.99. The average molecular weight is 299 g/mol. The van der Waals surface area contributed by atoms with Crippen molar-refractivity contribution >= 4 is 34.7 Å². The fraction of sp³-hybridized carbons (Fsp3) is 0.429. The van der Waals surface area contributed by atoms with Crippen LogP contribution < -0.4 is 5.73 Å². The van der Waals surface area contributed by atoms with Crippen LogP contribution in [-0.2, 0) is 0 Å². The number of amides is 1. The van der Waals surface area contributed by atoms with E-state index in [0.29, 0.717) is 28.7 Å². The van der Waals surface area contributed by atoms with Crippen LogP contribution in [0, 0.1) is 12.8 Å². The number of rotatable bonds is 5. The second-order valence-corrected chi connectivity index (χ2v) is 5.57. The van der Waals surface area contributed by atoms with Crippen molar-refractivity contribution in [2.24, 2.45) is 11.7 Å². The van der Waals surface area contributed by atoms with Crippen LogP contribution in [0.25, 0.3) is 0 Å². The third-order valence-corrected chi connectivity index (χ3v) is 3.56. The van der Waals surface area contributed by atoms with Crippen LogP contribution in [0.15, 0.2) is 18.2 Å². The lowest BCUT2D eigenvalue weighted by atomic mass is 10.1. The highest BCUT2D eigenvalue weighted by molar-refractivity contribution is 7.80. The normalized spacial score (nSPS) is 12.0. The summed E-state index contributed by atoms with van der Waals surface area (Å²) in [5, 5.41) is 0.571. The Morgan fingerprint density at radius 1 is 1.47 bits per heavy atom. The van der Waals surface area contributed by atoms with E-state index in [0.717, 1.165) is 5.56 Å². The molecule has 0 aliphatic carbocycles. The molecule has 0 bridgehead atoms. The number of carbonyl (C=O) groups is 1. The third-order valence-electron chi connectivity index (χ3n) is 2.94. The summed E-state index contributed by atoms with van der Waals surface area (Å²) < 4.78 is 0.